The highest BCUT2D eigenvalue weighted by atomic mass is 32.2. The van der Waals surface area contributed by atoms with Gasteiger partial charge in [-0.05, 0) is 108 Å². The summed E-state index contributed by atoms with van der Waals surface area (Å²) in [7, 11) is -2.00. The standard InChI is InChI=1S/C30H31FN8O3S/c1-39(25-11-7-22(8-12-25)33-19-20-2-15-27-28(18-20)38-42-37-27)43(40,41)26-13-9-24(10-14-26)35-30-32-17-16-29(36-30)34-23-5-3-21(31)4-6-23/h2-6,9-10,13-18,22,25,33H,7-8,11-12,19H2,1H3,(H2,32,34,35,36). The highest BCUT2D eigenvalue weighted by molar-refractivity contribution is 7.89. The number of halogens is 1. The van der Waals surface area contributed by atoms with Gasteiger partial charge in [-0.15, -0.1) is 0 Å². The van der Waals surface area contributed by atoms with E-state index < -0.39 is 10.0 Å². The van der Waals surface area contributed by atoms with E-state index in [1.807, 2.05) is 18.2 Å². The first-order valence-corrected chi connectivity index (χ1v) is 15.4. The van der Waals surface area contributed by atoms with Gasteiger partial charge in [-0.1, -0.05) is 6.07 Å². The van der Waals surface area contributed by atoms with Crippen molar-refractivity contribution in [3.63, 3.8) is 0 Å². The lowest BCUT2D eigenvalue weighted by Crippen LogP contribution is -2.43. The fourth-order valence-corrected chi connectivity index (χ4v) is 6.63. The maximum Gasteiger partial charge on any atom is 0.243 e. The van der Waals surface area contributed by atoms with E-state index >= 15 is 0 Å². The Bertz CT molecular complexity index is 1790. The number of nitrogens with one attached hydrogen (secondary N) is 3. The topological polar surface area (TPSA) is 138 Å². The van der Waals surface area contributed by atoms with Crippen LogP contribution in [0.15, 0.2) is 88.5 Å². The largest absolute Gasteiger partial charge is 0.340 e. The van der Waals surface area contributed by atoms with Crippen molar-refractivity contribution in [1.29, 1.82) is 0 Å². The molecule has 1 fully saturated rings. The lowest BCUT2D eigenvalue weighted by atomic mass is 9.91. The highest BCUT2D eigenvalue weighted by Crippen LogP contribution is 2.28. The van der Waals surface area contributed by atoms with Crippen LogP contribution in [-0.2, 0) is 16.6 Å². The maximum absolute atomic E-state index is 13.4. The molecule has 0 bridgehead atoms. The number of sulfonamides is 1. The van der Waals surface area contributed by atoms with Gasteiger partial charge in [0.05, 0.1) is 4.90 Å². The fourth-order valence-electron chi connectivity index (χ4n) is 5.21. The van der Waals surface area contributed by atoms with Crippen LogP contribution in [0, 0.1) is 5.82 Å². The number of nitrogens with zero attached hydrogens (tertiary/aromatic N) is 5. The monoisotopic (exact) mass is 602 g/mol. The number of rotatable bonds is 10. The van der Waals surface area contributed by atoms with Crippen molar-refractivity contribution in [3.05, 3.63) is 90.4 Å². The summed E-state index contributed by atoms with van der Waals surface area (Å²) < 4.78 is 46.3. The highest BCUT2D eigenvalue weighted by Gasteiger charge is 2.31. The minimum atomic E-state index is -3.67. The molecule has 0 amide bonds. The van der Waals surface area contributed by atoms with E-state index in [4.69, 9.17) is 4.63 Å². The lowest BCUT2D eigenvalue weighted by Gasteiger charge is -2.34. The van der Waals surface area contributed by atoms with Crippen molar-refractivity contribution >= 4 is 44.2 Å². The Balaban J connectivity index is 1.02. The van der Waals surface area contributed by atoms with Crippen LogP contribution in [0.25, 0.3) is 11.0 Å². The Labute approximate surface area is 248 Å². The predicted octanol–water partition coefficient (Wildman–Crippen LogP) is 5.36. The van der Waals surface area contributed by atoms with E-state index in [9.17, 15) is 12.8 Å². The summed E-state index contributed by atoms with van der Waals surface area (Å²) in [4.78, 5) is 8.89. The molecule has 3 N–H and O–H groups in total. The van der Waals surface area contributed by atoms with Gasteiger partial charge in [0.2, 0.25) is 16.0 Å². The number of hydrogen-bond donors (Lipinski definition) is 3. The van der Waals surface area contributed by atoms with Gasteiger partial charge in [-0.25, -0.2) is 22.4 Å². The molecule has 0 radical (unpaired) electrons. The molecule has 2 aromatic heterocycles. The summed E-state index contributed by atoms with van der Waals surface area (Å²) in [6, 6.07) is 20.3. The summed E-state index contributed by atoms with van der Waals surface area (Å²) >= 11 is 0. The van der Waals surface area contributed by atoms with E-state index in [0.29, 0.717) is 35.7 Å². The van der Waals surface area contributed by atoms with Gasteiger partial charge in [-0.2, -0.15) is 9.29 Å². The van der Waals surface area contributed by atoms with E-state index in [1.165, 1.54) is 16.4 Å². The number of anilines is 4. The minimum absolute atomic E-state index is 0.0665. The van der Waals surface area contributed by atoms with Crippen LogP contribution in [0.5, 0.6) is 0 Å². The molecule has 1 saturated carbocycles. The third-order valence-corrected chi connectivity index (χ3v) is 9.61. The van der Waals surface area contributed by atoms with Crippen LogP contribution in [0.4, 0.5) is 27.5 Å². The molecule has 2 heterocycles. The average molecular weight is 603 g/mol. The number of fused-ring (bicyclic) bond motifs is 1. The zero-order valence-corrected chi connectivity index (χ0v) is 24.3. The molecule has 1 aliphatic rings. The van der Waals surface area contributed by atoms with Gasteiger partial charge >= 0.3 is 0 Å². The molecule has 11 nitrogen and oxygen atoms in total. The van der Waals surface area contributed by atoms with Gasteiger partial charge in [0.25, 0.3) is 0 Å². The van der Waals surface area contributed by atoms with Gasteiger partial charge in [0.15, 0.2) is 0 Å². The van der Waals surface area contributed by atoms with Gasteiger partial charge in [0, 0.05) is 43.2 Å². The van der Waals surface area contributed by atoms with Gasteiger partial charge in [-0.3, -0.25) is 0 Å². The molecule has 222 valence electrons. The zero-order valence-electron chi connectivity index (χ0n) is 23.4. The van der Waals surface area contributed by atoms with Crippen molar-refractivity contribution in [2.75, 3.05) is 17.7 Å². The molecule has 0 unspecified atom stereocenters. The van der Waals surface area contributed by atoms with Gasteiger partial charge < -0.3 is 16.0 Å². The molecular weight excluding hydrogens is 571 g/mol. The Kier molecular flexibility index (Phi) is 8.27. The van der Waals surface area contributed by atoms with Crippen LogP contribution in [0.3, 0.4) is 0 Å². The summed E-state index contributed by atoms with van der Waals surface area (Å²) in [6.45, 7) is 0.701. The zero-order chi connectivity index (χ0) is 29.8. The molecule has 6 rings (SSSR count). The molecule has 5 aromatic rings. The first-order valence-electron chi connectivity index (χ1n) is 14.0. The Morgan fingerprint density at radius 1 is 0.884 bits per heavy atom. The normalized spacial score (nSPS) is 17.3. The van der Waals surface area contributed by atoms with Crippen LogP contribution < -0.4 is 16.0 Å². The smallest absolute Gasteiger partial charge is 0.243 e. The first kappa shape index (κ1) is 28.6. The SMILES string of the molecule is CN(C1CCC(NCc2ccc3nonc3c2)CC1)S(=O)(=O)c1ccc(Nc2nccc(Nc3ccc(F)cc3)n2)cc1. The van der Waals surface area contributed by atoms with Crippen molar-refractivity contribution in [3.8, 4) is 0 Å². The average Bonchev–Trinajstić information content (AvgIpc) is 3.50. The third kappa shape index (κ3) is 6.79. The summed E-state index contributed by atoms with van der Waals surface area (Å²) in [5.41, 5.74) is 3.90. The van der Waals surface area contributed by atoms with Crippen LogP contribution in [0.1, 0.15) is 31.2 Å². The second kappa shape index (κ2) is 12.4. The molecule has 13 heteroatoms. The second-order valence-electron chi connectivity index (χ2n) is 10.5. The Morgan fingerprint density at radius 2 is 1.58 bits per heavy atom. The van der Waals surface area contributed by atoms with E-state index in [0.717, 1.165) is 42.3 Å². The van der Waals surface area contributed by atoms with Crippen molar-refractivity contribution in [2.45, 2.75) is 49.2 Å². The van der Waals surface area contributed by atoms with E-state index in [2.05, 4.69) is 36.2 Å². The number of hydrogen-bond acceptors (Lipinski definition) is 10. The van der Waals surface area contributed by atoms with E-state index in [1.54, 1.807) is 55.7 Å². The van der Waals surface area contributed by atoms with Crippen molar-refractivity contribution in [1.82, 2.24) is 29.9 Å². The van der Waals surface area contributed by atoms with E-state index in [-0.39, 0.29) is 16.8 Å². The molecule has 0 spiro atoms. The molecule has 3 aromatic carbocycles. The molecule has 1 aliphatic carbocycles. The van der Waals surface area contributed by atoms with Crippen LogP contribution in [0.2, 0.25) is 0 Å². The quantitative estimate of drug-likeness (QED) is 0.191. The lowest BCUT2D eigenvalue weighted by molar-refractivity contribution is 0.249. The van der Waals surface area contributed by atoms with Crippen molar-refractivity contribution in [2.24, 2.45) is 0 Å². The first-order chi connectivity index (χ1) is 20.8. The summed E-state index contributed by atoms with van der Waals surface area (Å²) in [5, 5.41) is 17.5. The van der Waals surface area contributed by atoms with Gasteiger partial charge in [0.1, 0.15) is 22.7 Å². The summed E-state index contributed by atoms with van der Waals surface area (Å²) in [6.07, 6.45) is 4.92. The van der Waals surface area contributed by atoms with Crippen LogP contribution in [-0.4, -0.2) is 52.1 Å². The molecule has 0 aliphatic heterocycles. The summed E-state index contributed by atoms with van der Waals surface area (Å²) in [5.74, 6) is 0.543. The minimum Gasteiger partial charge on any atom is -0.340 e. The number of benzene rings is 3. The van der Waals surface area contributed by atoms with Crippen LogP contribution >= 0.6 is 0 Å². The van der Waals surface area contributed by atoms with Crippen molar-refractivity contribution < 1.29 is 17.4 Å². The maximum atomic E-state index is 13.4. The number of aromatic nitrogens is 4. The molecular formula is C30H31FN8O3S. The fraction of sp³-hybridized carbons (Fsp3) is 0.267. The predicted molar refractivity (Wildman–Crippen MR) is 161 cm³/mol. The third-order valence-electron chi connectivity index (χ3n) is 7.68. The molecule has 0 atom stereocenters. The molecule has 43 heavy (non-hydrogen) atoms. The molecule has 0 saturated heterocycles. The Hall–Kier alpha value is -4.46. The Morgan fingerprint density at radius 3 is 2.35 bits per heavy atom. The second-order valence-corrected chi connectivity index (χ2v) is 12.5.